The number of hydrogen-bond acceptors (Lipinski definition) is 5. The van der Waals surface area contributed by atoms with Crippen LogP contribution < -0.4 is 10.6 Å². The Labute approximate surface area is 179 Å². The Morgan fingerprint density at radius 2 is 2.00 bits per heavy atom. The maximum absolute atomic E-state index is 12.7. The highest BCUT2D eigenvalue weighted by Crippen LogP contribution is 2.38. The summed E-state index contributed by atoms with van der Waals surface area (Å²) in [5.41, 5.74) is 1.88. The molecule has 0 fully saturated rings. The largest absolute Gasteiger partial charge is 0.326 e. The van der Waals surface area contributed by atoms with Crippen LogP contribution in [0.5, 0.6) is 0 Å². The van der Waals surface area contributed by atoms with Crippen molar-refractivity contribution in [3.8, 4) is 0 Å². The molecule has 1 atom stereocenters. The summed E-state index contributed by atoms with van der Waals surface area (Å²) in [5.74, 6) is -0.877. The topological polar surface area (TPSA) is 92.3 Å². The van der Waals surface area contributed by atoms with Crippen LogP contribution in [0.3, 0.4) is 0 Å². The number of thioether (sulfide) groups is 1. The highest BCUT2D eigenvalue weighted by molar-refractivity contribution is 8.01. The van der Waals surface area contributed by atoms with Gasteiger partial charge in [-0.05, 0) is 49.2 Å². The Morgan fingerprint density at radius 1 is 1.24 bits per heavy atom. The van der Waals surface area contributed by atoms with Crippen molar-refractivity contribution in [1.29, 1.82) is 0 Å². The highest BCUT2D eigenvalue weighted by atomic mass is 35.5. The second kappa shape index (κ2) is 8.77. The third kappa shape index (κ3) is 5.12. The fourth-order valence-corrected chi connectivity index (χ4v) is 5.34. The van der Waals surface area contributed by atoms with E-state index in [4.69, 9.17) is 11.6 Å². The number of aryl methyl sites for hydroxylation is 1. The van der Waals surface area contributed by atoms with Gasteiger partial charge in [0.2, 0.25) is 11.8 Å². The van der Waals surface area contributed by atoms with Gasteiger partial charge in [0.15, 0.2) is 9.84 Å². The number of carbonyl (C=O) groups excluding carboxylic acids is 2. The number of amides is 2. The SMILES string of the molecule is CCC1Sc2ccc(S(=O)(=O)CCC(=O)Nc3cc(Cl)ccc3C)cc2NC1=O. The maximum Gasteiger partial charge on any atom is 0.237 e. The van der Waals surface area contributed by atoms with E-state index in [-0.39, 0.29) is 28.2 Å². The predicted molar refractivity (Wildman–Crippen MR) is 116 cm³/mol. The van der Waals surface area contributed by atoms with Gasteiger partial charge in [-0.15, -0.1) is 11.8 Å². The first-order valence-electron chi connectivity index (χ1n) is 9.10. The average molecular weight is 453 g/mol. The molecule has 0 saturated carbocycles. The predicted octanol–water partition coefficient (Wildman–Crippen LogP) is 4.27. The van der Waals surface area contributed by atoms with Gasteiger partial charge in [-0.3, -0.25) is 9.59 Å². The fourth-order valence-electron chi connectivity index (χ4n) is 2.88. The zero-order valence-electron chi connectivity index (χ0n) is 16.0. The monoisotopic (exact) mass is 452 g/mol. The minimum atomic E-state index is -3.68. The number of hydrogen-bond donors (Lipinski definition) is 2. The minimum Gasteiger partial charge on any atom is -0.326 e. The van der Waals surface area contributed by atoms with Gasteiger partial charge in [0.05, 0.1) is 21.6 Å². The molecule has 1 unspecified atom stereocenters. The summed E-state index contributed by atoms with van der Waals surface area (Å²) in [6, 6.07) is 9.79. The zero-order valence-corrected chi connectivity index (χ0v) is 18.4. The van der Waals surface area contributed by atoms with Gasteiger partial charge in [-0.2, -0.15) is 0 Å². The van der Waals surface area contributed by atoms with Gasteiger partial charge in [-0.25, -0.2) is 8.42 Å². The van der Waals surface area contributed by atoms with Crippen LogP contribution in [0.25, 0.3) is 0 Å². The normalized spacial score (nSPS) is 16.1. The summed E-state index contributed by atoms with van der Waals surface area (Å²) < 4.78 is 25.4. The Hall–Kier alpha value is -2.03. The molecule has 0 radical (unpaired) electrons. The molecule has 0 bridgehead atoms. The fraction of sp³-hybridized carbons (Fsp3) is 0.300. The molecule has 0 aromatic heterocycles. The lowest BCUT2D eigenvalue weighted by Gasteiger charge is -2.23. The van der Waals surface area contributed by atoms with Gasteiger partial charge >= 0.3 is 0 Å². The van der Waals surface area contributed by atoms with Crippen molar-refractivity contribution < 1.29 is 18.0 Å². The van der Waals surface area contributed by atoms with Crippen LogP contribution in [-0.4, -0.2) is 31.2 Å². The Balaban J connectivity index is 1.68. The van der Waals surface area contributed by atoms with E-state index < -0.39 is 15.7 Å². The molecule has 0 aliphatic carbocycles. The molecule has 1 aliphatic heterocycles. The number of rotatable bonds is 6. The molecule has 2 aromatic rings. The minimum absolute atomic E-state index is 0.0823. The van der Waals surface area contributed by atoms with Crippen molar-refractivity contribution in [2.75, 3.05) is 16.4 Å². The van der Waals surface area contributed by atoms with Crippen LogP contribution >= 0.6 is 23.4 Å². The smallest absolute Gasteiger partial charge is 0.237 e. The molecule has 2 amide bonds. The van der Waals surface area contributed by atoms with E-state index in [1.165, 1.54) is 23.9 Å². The summed E-state index contributed by atoms with van der Waals surface area (Å²) in [6.45, 7) is 3.75. The summed E-state index contributed by atoms with van der Waals surface area (Å²) >= 11 is 7.36. The van der Waals surface area contributed by atoms with E-state index >= 15 is 0 Å². The van der Waals surface area contributed by atoms with Crippen LogP contribution in [0.4, 0.5) is 11.4 Å². The average Bonchev–Trinajstić information content (AvgIpc) is 2.68. The van der Waals surface area contributed by atoms with Crippen molar-refractivity contribution in [3.05, 3.63) is 47.0 Å². The van der Waals surface area contributed by atoms with Crippen LogP contribution in [0.15, 0.2) is 46.2 Å². The molecule has 29 heavy (non-hydrogen) atoms. The lowest BCUT2D eigenvalue weighted by Crippen LogP contribution is -2.28. The van der Waals surface area contributed by atoms with Gasteiger partial charge in [-0.1, -0.05) is 24.6 Å². The number of benzene rings is 2. The van der Waals surface area contributed by atoms with Gasteiger partial charge in [0.1, 0.15) is 0 Å². The van der Waals surface area contributed by atoms with E-state index in [1.807, 2.05) is 13.8 Å². The van der Waals surface area contributed by atoms with Crippen molar-refractivity contribution in [2.24, 2.45) is 0 Å². The van der Waals surface area contributed by atoms with Gasteiger partial charge in [0.25, 0.3) is 0 Å². The molecule has 2 N–H and O–H groups in total. The van der Waals surface area contributed by atoms with E-state index in [0.717, 1.165) is 10.5 Å². The lowest BCUT2D eigenvalue weighted by atomic mass is 10.2. The number of nitrogens with one attached hydrogen (secondary N) is 2. The molecule has 1 aliphatic rings. The third-order valence-electron chi connectivity index (χ3n) is 4.57. The molecule has 0 spiro atoms. The number of halogens is 1. The van der Waals surface area contributed by atoms with Crippen LogP contribution in [-0.2, 0) is 19.4 Å². The van der Waals surface area contributed by atoms with E-state index in [9.17, 15) is 18.0 Å². The molecular weight excluding hydrogens is 432 g/mol. The maximum atomic E-state index is 12.7. The first kappa shape index (κ1) is 21.7. The van der Waals surface area contributed by atoms with Crippen molar-refractivity contribution >= 4 is 56.4 Å². The van der Waals surface area contributed by atoms with Gasteiger partial charge in [0, 0.05) is 22.0 Å². The summed E-state index contributed by atoms with van der Waals surface area (Å²) in [6.07, 6.45) is 0.502. The standard InChI is InChI=1S/C20H21ClN2O4S2/c1-3-17-20(25)23-16-11-14(6-7-18(16)28-17)29(26,27)9-8-19(24)22-15-10-13(21)5-4-12(15)2/h4-7,10-11,17H,3,8-9H2,1-2H3,(H,22,24)(H,23,25). The molecule has 3 rings (SSSR count). The third-order valence-corrected chi connectivity index (χ3v) is 7.96. The van der Waals surface area contributed by atoms with Gasteiger partial charge < -0.3 is 10.6 Å². The molecule has 0 saturated heterocycles. The van der Waals surface area contributed by atoms with Crippen molar-refractivity contribution in [3.63, 3.8) is 0 Å². The van der Waals surface area contributed by atoms with Crippen LogP contribution in [0, 0.1) is 6.92 Å². The molecule has 6 nitrogen and oxygen atoms in total. The Morgan fingerprint density at radius 3 is 2.72 bits per heavy atom. The van der Waals surface area contributed by atoms with Crippen LogP contribution in [0.2, 0.25) is 5.02 Å². The van der Waals surface area contributed by atoms with Crippen molar-refractivity contribution in [2.45, 2.75) is 41.7 Å². The summed E-state index contributed by atoms with van der Waals surface area (Å²) in [5, 5.41) is 5.77. The Kier molecular flexibility index (Phi) is 6.55. The second-order valence-corrected chi connectivity index (χ2v) is 10.5. The molecule has 1 heterocycles. The molecule has 154 valence electrons. The van der Waals surface area contributed by atoms with E-state index in [0.29, 0.717) is 22.8 Å². The van der Waals surface area contributed by atoms with Crippen molar-refractivity contribution in [1.82, 2.24) is 0 Å². The lowest BCUT2D eigenvalue weighted by molar-refractivity contribution is -0.116. The first-order chi connectivity index (χ1) is 13.7. The zero-order chi connectivity index (χ0) is 21.2. The summed E-state index contributed by atoms with van der Waals surface area (Å²) in [4.78, 5) is 25.2. The number of anilines is 2. The Bertz CT molecular complexity index is 1070. The highest BCUT2D eigenvalue weighted by Gasteiger charge is 2.27. The quantitative estimate of drug-likeness (QED) is 0.682. The van der Waals surface area contributed by atoms with E-state index in [1.54, 1.807) is 24.3 Å². The number of sulfone groups is 1. The molecule has 2 aromatic carbocycles. The van der Waals surface area contributed by atoms with E-state index in [2.05, 4.69) is 10.6 Å². The molecular formula is C20H21ClN2O4S2. The summed E-state index contributed by atoms with van der Waals surface area (Å²) in [7, 11) is -3.68. The van der Waals surface area contributed by atoms with Crippen LogP contribution in [0.1, 0.15) is 25.3 Å². The first-order valence-corrected chi connectivity index (χ1v) is 12.0. The second-order valence-electron chi connectivity index (χ2n) is 6.74. The number of fused-ring (bicyclic) bond motifs is 1. The molecule has 9 heteroatoms. The number of carbonyl (C=O) groups is 2.